The molecule has 25 heavy (non-hydrogen) atoms. The average molecular weight is 330 g/mol. The molecule has 4 nitrogen and oxygen atoms in total. The molecule has 0 bridgehead atoms. The second kappa shape index (κ2) is 7.93. The molecule has 3 rings (SSSR count). The minimum atomic E-state index is -0.376. The number of carbonyl (C=O) groups excluding carboxylic acids is 1. The van der Waals surface area contributed by atoms with E-state index in [0.29, 0.717) is 11.3 Å². The lowest BCUT2D eigenvalue weighted by Gasteiger charge is -2.09. The van der Waals surface area contributed by atoms with Crippen LogP contribution in [0.1, 0.15) is 21.5 Å². The predicted molar refractivity (Wildman–Crippen MR) is 99.9 cm³/mol. The van der Waals surface area contributed by atoms with Gasteiger partial charge >= 0.3 is 5.97 Å². The third kappa shape index (κ3) is 4.12. The Morgan fingerprint density at radius 3 is 1.92 bits per heavy atom. The van der Waals surface area contributed by atoms with Crippen molar-refractivity contribution in [3.63, 3.8) is 0 Å². The Hall–Kier alpha value is -3.40. The Bertz CT molecular complexity index is 833. The first kappa shape index (κ1) is 16.5. The van der Waals surface area contributed by atoms with Gasteiger partial charge in [-0.3, -0.25) is 5.43 Å². The number of rotatable bonds is 5. The maximum atomic E-state index is 11.7. The van der Waals surface area contributed by atoms with Gasteiger partial charge in [-0.15, -0.1) is 0 Å². The maximum Gasteiger partial charge on any atom is 0.337 e. The minimum Gasteiger partial charge on any atom is -0.465 e. The lowest BCUT2D eigenvalue weighted by atomic mass is 10.0. The van der Waals surface area contributed by atoms with Crippen molar-refractivity contribution in [1.82, 2.24) is 0 Å². The number of nitrogens with one attached hydrogen (secondary N) is 1. The monoisotopic (exact) mass is 330 g/mol. The summed E-state index contributed by atoms with van der Waals surface area (Å²) in [6.07, 6.45) is 0. The molecule has 0 heterocycles. The highest BCUT2D eigenvalue weighted by molar-refractivity contribution is 6.13. The molecule has 0 saturated heterocycles. The Labute approximate surface area is 146 Å². The minimum absolute atomic E-state index is 0.376. The van der Waals surface area contributed by atoms with Crippen molar-refractivity contribution in [1.29, 1.82) is 0 Å². The fourth-order valence-corrected chi connectivity index (χ4v) is 2.44. The van der Waals surface area contributed by atoms with Gasteiger partial charge in [0.15, 0.2) is 0 Å². The highest BCUT2D eigenvalue weighted by atomic mass is 16.5. The molecule has 0 amide bonds. The van der Waals surface area contributed by atoms with Crippen molar-refractivity contribution in [3.05, 3.63) is 102 Å². The van der Waals surface area contributed by atoms with Crippen molar-refractivity contribution in [3.8, 4) is 0 Å². The Kier molecular flexibility index (Phi) is 5.22. The SMILES string of the molecule is COC(=O)c1cccc(NN=C(c2ccccc2)c2ccccc2)c1. The van der Waals surface area contributed by atoms with Gasteiger partial charge in [-0.1, -0.05) is 66.7 Å². The topological polar surface area (TPSA) is 50.7 Å². The van der Waals surface area contributed by atoms with E-state index >= 15 is 0 Å². The normalized spacial score (nSPS) is 9.96. The van der Waals surface area contributed by atoms with Gasteiger partial charge in [-0.25, -0.2) is 4.79 Å². The van der Waals surface area contributed by atoms with Gasteiger partial charge in [0.1, 0.15) is 0 Å². The molecule has 4 heteroatoms. The quantitative estimate of drug-likeness (QED) is 0.430. The summed E-state index contributed by atoms with van der Waals surface area (Å²) >= 11 is 0. The third-order valence-electron chi connectivity index (χ3n) is 3.67. The number of hydrogen-bond acceptors (Lipinski definition) is 4. The van der Waals surface area contributed by atoms with E-state index in [1.807, 2.05) is 66.7 Å². The molecule has 0 fully saturated rings. The summed E-state index contributed by atoms with van der Waals surface area (Å²) in [5, 5.41) is 4.58. The molecular formula is C21H18N2O2. The molecule has 124 valence electrons. The Morgan fingerprint density at radius 1 is 0.800 bits per heavy atom. The largest absolute Gasteiger partial charge is 0.465 e. The van der Waals surface area contributed by atoms with Crippen molar-refractivity contribution >= 4 is 17.4 Å². The summed E-state index contributed by atoms with van der Waals surface area (Å²) in [6, 6.07) is 27.0. The van der Waals surface area contributed by atoms with Crippen LogP contribution in [0.2, 0.25) is 0 Å². The molecule has 0 aliphatic rings. The zero-order chi connectivity index (χ0) is 17.5. The molecular weight excluding hydrogens is 312 g/mol. The number of anilines is 1. The van der Waals surface area contributed by atoms with Crippen LogP contribution < -0.4 is 5.43 Å². The summed E-state index contributed by atoms with van der Waals surface area (Å²) in [5.74, 6) is -0.376. The molecule has 0 aliphatic carbocycles. The smallest absolute Gasteiger partial charge is 0.337 e. The number of nitrogens with zero attached hydrogens (tertiary/aromatic N) is 1. The lowest BCUT2D eigenvalue weighted by Crippen LogP contribution is -2.07. The molecule has 0 aliphatic heterocycles. The zero-order valence-corrected chi connectivity index (χ0v) is 13.8. The van der Waals surface area contributed by atoms with Gasteiger partial charge in [-0.05, 0) is 18.2 Å². The molecule has 0 radical (unpaired) electrons. The number of hydrogen-bond donors (Lipinski definition) is 1. The number of methoxy groups -OCH3 is 1. The lowest BCUT2D eigenvalue weighted by molar-refractivity contribution is 0.0601. The van der Waals surface area contributed by atoms with Gasteiger partial charge in [0, 0.05) is 11.1 Å². The number of hydrazone groups is 1. The van der Waals surface area contributed by atoms with E-state index in [9.17, 15) is 4.79 Å². The summed E-state index contributed by atoms with van der Waals surface area (Å²) in [7, 11) is 1.36. The van der Waals surface area contributed by atoms with Crippen LogP contribution in [-0.4, -0.2) is 18.8 Å². The molecule has 0 saturated carbocycles. The zero-order valence-electron chi connectivity index (χ0n) is 13.8. The molecule has 0 spiro atoms. The first-order valence-electron chi connectivity index (χ1n) is 7.91. The standard InChI is InChI=1S/C21H18N2O2/c1-25-21(24)18-13-8-14-19(15-18)22-23-20(16-9-4-2-5-10-16)17-11-6-3-7-12-17/h2-15,22H,1H3. The van der Waals surface area contributed by atoms with Gasteiger partial charge in [0.2, 0.25) is 0 Å². The van der Waals surface area contributed by atoms with Gasteiger partial charge in [0.05, 0.1) is 24.1 Å². The number of benzene rings is 3. The Morgan fingerprint density at radius 2 is 1.36 bits per heavy atom. The molecule has 0 unspecified atom stereocenters. The second-order valence-electron chi connectivity index (χ2n) is 5.38. The first-order valence-corrected chi connectivity index (χ1v) is 7.91. The molecule has 0 aromatic heterocycles. The van der Waals surface area contributed by atoms with Gasteiger partial charge < -0.3 is 4.74 Å². The average Bonchev–Trinajstić information content (AvgIpc) is 2.69. The predicted octanol–water partition coefficient (Wildman–Crippen LogP) is 4.34. The summed E-state index contributed by atoms with van der Waals surface area (Å²) in [5.41, 5.74) is 7.07. The van der Waals surface area contributed by atoms with Crippen LogP contribution in [-0.2, 0) is 4.74 Å². The summed E-state index contributed by atoms with van der Waals surface area (Å²) in [6.45, 7) is 0. The van der Waals surface area contributed by atoms with E-state index in [0.717, 1.165) is 16.8 Å². The van der Waals surface area contributed by atoms with Crippen LogP contribution in [0.5, 0.6) is 0 Å². The first-order chi connectivity index (χ1) is 12.3. The van der Waals surface area contributed by atoms with Crippen LogP contribution >= 0.6 is 0 Å². The maximum absolute atomic E-state index is 11.7. The van der Waals surface area contributed by atoms with E-state index < -0.39 is 0 Å². The number of esters is 1. The van der Waals surface area contributed by atoms with Crippen LogP contribution in [0.15, 0.2) is 90.0 Å². The molecule has 0 atom stereocenters. The van der Waals surface area contributed by atoms with Crippen LogP contribution in [0.3, 0.4) is 0 Å². The number of carbonyl (C=O) groups is 1. The van der Waals surface area contributed by atoms with E-state index in [1.54, 1.807) is 18.2 Å². The molecule has 3 aromatic rings. The van der Waals surface area contributed by atoms with Gasteiger partial charge in [0.25, 0.3) is 0 Å². The summed E-state index contributed by atoms with van der Waals surface area (Å²) in [4.78, 5) is 11.7. The highest BCUT2D eigenvalue weighted by Gasteiger charge is 2.08. The molecule has 3 aromatic carbocycles. The third-order valence-corrected chi connectivity index (χ3v) is 3.67. The van der Waals surface area contributed by atoms with Crippen molar-refractivity contribution in [2.45, 2.75) is 0 Å². The van der Waals surface area contributed by atoms with E-state index in [-0.39, 0.29) is 5.97 Å². The van der Waals surface area contributed by atoms with Crippen molar-refractivity contribution < 1.29 is 9.53 Å². The highest BCUT2D eigenvalue weighted by Crippen LogP contribution is 2.15. The van der Waals surface area contributed by atoms with Crippen molar-refractivity contribution in [2.24, 2.45) is 5.10 Å². The van der Waals surface area contributed by atoms with Crippen LogP contribution in [0.4, 0.5) is 5.69 Å². The second-order valence-corrected chi connectivity index (χ2v) is 5.38. The van der Waals surface area contributed by atoms with Gasteiger partial charge in [-0.2, -0.15) is 5.10 Å². The van der Waals surface area contributed by atoms with E-state index in [4.69, 9.17) is 4.74 Å². The number of ether oxygens (including phenoxy) is 1. The Balaban J connectivity index is 1.93. The fraction of sp³-hybridized carbons (Fsp3) is 0.0476. The van der Waals surface area contributed by atoms with E-state index in [2.05, 4.69) is 10.5 Å². The van der Waals surface area contributed by atoms with Crippen molar-refractivity contribution in [2.75, 3.05) is 12.5 Å². The summed E-state index contributed by atoms with van der Waals surface area (Å²) < 4.78 is 4.75. The van der Waals surface area contributed by atoms with E-state index in [1.165, 1.54) is 7.11 Å². The fourth-order valence-electron chi connectivity index (χ4n) is 2.44. The van der Waals surface area contributed by atoms with Crippen LogP contribution in [0.25, 0.3) is 0 Å². The molecule has 1 N–H and O–H groups in total. The van der Waals surface area contributed by atoms with Crippen LogP contribution in [0, 0.1) is 0 Å².